The molecule has 0 N–H and O–H groups in total. The van der Waals surface area contributed by atoms with Crippen LogP contribution in [-0.2, 0) is 4.79 Å². The Balaban J connectivity index is 1.77. The third-order valence-electron chi connectivity index (χ3n) is 5.73. The van der Waals surface area contributed by atoms with E-state index >= 15 is 0 Å². The second-order valence-electron chi connectivity index (χ2n) is 7.99. The van der Waals surface area contributed by atoms with Crippen LogP contribution in [0.2, 0.25) is 0 Å². The molecule has 0 bridgehead atoms. The van der Waals surface area contributed by atoms with Crippen molar-refractivity contribution in [2.75, 3.05) is 10.0 Å². The minimum atomic E-state index is -0.0977. The monoisotopic (exact) mass is 386 g/mol. The van der Waals surface area contributed by atoms with Crippen molar-refractivity contribution in [3.05, 3.63) is 69.9 Å². The molecule has 2 aliphatic rings. The van der Waals surface area contributed by atoms with E-state index in [2.05, 4.69) is 44.1 Å². The molecule has 2 aliphatic heterocycles. The zero-order valence-electron chi connectivity index (χ0n) is 17.9. The third kappa shape index (κ3) is 3.27. The van der Waals surface area contributed by atoms with Crippen molar-refractivity contribution < 1.29 is 4.79 Å². The van der Waals surface area contributed by atoms with Gasteiger partial charge < -0.3 is 0 Å². The van der Waals surface area contributed by atoms with Crippen molar-refractivity contribution in [1.82, 2.24) is 0 Å². The predicted molar refractivity (Wildman–Crippen MR) is 120 cm³/mol. The minimum Gasteiger partial charge on any atom is -0.267 e. The lowest BCUT2D eigenvalue weighted by Crippen LogP contribution is -2.25. The van der Waals surface area contributed by atoms with Crippen molar-refractivity contribution in [1.29, 1.82) is 0 Å². The van der Waals surface area contributed by atoms with Crippen LogP contribution >= 0.6 is 0 Å². The maximum atomic E-state index is 13.4. The summed E-state index contributed by atoms with van der Waals surface area (Å²) in [5, 5.41) is 12.7. The molecular weight excluding hydrogens is 360 g/mol. The molecule has 29 heavy (non-hydrogen) atoms. The molecule has 2 aromatic rings. The largest absolute Gasteiger partial charge is 0.282 e. The summed E-state index contributed by atoms with van der Waals surface area (Å²) in [6.07, 6.45) is 0.640. The average molecular weight is 386 g/mol. The van der Waals surface area contributed by atoms with Gasteiger partial charge in [-0.1, -0.05) is 12.1 Å². The van der Waals surface area contributed by atoms with Crippen LogP contribution in [0.15, 0.2) is 57.9 Å². The molecule has 5 nitrogen and oxygen atoms in total. The topological polar surface area (TPSA) is 48.3 Å². The molecule has 0 aliphatic carbocycles. The molecule has 0 spiro atoms. The van der Waals surface area contributed by atoms with E-state index < -0.39 is 0 Å². The number of hydrazone groups is 2. The molecule has 0 saturated heterocycles. The number of hydrogen-bond donors (Lipinski definition) is 0. The lowest BCUT2D eigenvalue weighted by molar-refractivity contribution is -0.114. The molecule has 5 heteroatoms. The van der Waals surface area contributed by atoms with Gasteiger partial charge in [0, 0.05) is 12.1 Å². The Kier molecular flexibility index (Phi) is 4.61. The highest BCUT2D eigenvalue weighted by Gasteiger charge is 2.35. The normalized spacial score (nSPS) is 19.2. The Bertz CT molecular complexity index is 1120. The highest BCUT2D eigenvalue weighted by Crippen LogP contribution is 2.34. The summed E-state index contributed by atoms with van der Waals surface area (Å²) >= 11 is 0. The number of nitrogens with zero attached hydrogens (tertiary/aromatic N) is 4. The van der Waals surface area contributed by atoms with Crippen molar-refractivity contribution in [3.63, 3.8) is 0 Å². The van der Waals surface area contributed by atoms with E-state index in [0.29, 0.717) is 12.0 Å². The Hall–Kier alpha value is -3.21. The van der Waals surface area contributed by atoms with Crippen molar-refractivity contribution >= 4 is 28.7 Å². The Morgan fingerprint density at radius 1 is 0.724 bits per heavy atom. The number of carbonyl (C=O) groups is 1. The number of anilines is 2. The molecule has 0 saturated carbocycles. The van der Waals surface area contributed by atoms with Crippen LogP contribution in [0.1, 0.15) is 42.5 Å². The van der Waals surface area contributed by atoms with Crippen LogP contribution in [-0.4, -0.2) is 17.3 Å². The quantitative estimate of drug-likeness (QED) is 0.668. The predicted octanol–water partition coefficient (Wildman–Crippen LogP) is 5.18. The maximum Gasteiger partial charge on any atom is 0.282 e. The second kappa shape index (κ2) is 6.99. The number of rotatable bonds is 2. The van der Waals surface area contributed by atoms with Crippen LogP contribution in [0.4, 0.5) is 11.4 Å². The Morgan fingerprint density at radius 2 is 1.28 bits per heavy atom. The maximum absolute atomic E-state index is 13.4. The highest BCUT2D eigenvalue weighted by atomic mass is 16.2. The van der Waals surface area contributed by atoms with E-state index in [9.17, 15) is 4.79 Å². The lowest BCUT2D eigenvalue weighted by atomic mass is 10.0. The first kappa shape index (κ1) is 19.1. The first-order valence-corrected chi connectivity index (χ1v) is 9.88. The third-order valence-corrected chi connectivity index (χ3v) is 5.73. The van der Waals surface area contributed by atoms with Gasteiger partial charge in [-0.3, -0.25) is 4.79 Å². The van der Waals surface area contributed by atoms with E-state index in [1.807, 2.05) is 44.0 Å². The van der Waals surface area contributed by atoms with E-state index in [1.165, 1.54) is 21.7 Å². The first-order valence-electron chi connectivity index (χ1n) is 9.88. The molecule has 0 unspecified atom stereocenters. The zero-order chi connectivity index (χ0) is 20.9. The smallest absolute Gasteiger partial charge is 0.267 e. The van der Waals surface area contributed by atoms with Crippen LogP contribution in [0, 0.1) is 27.7 Å². The van der Waals surface area contributed by atoms with Gasteiger partial charge in [-0.2, -0.15) is 15.2 Å². The fraction of sp³-hybridized carbons (Fsp3) is 0.292. The molecule has 0 atom stereocenters. The second-order valence-corrected chi connectivity index (χ2v) is 7.99. The Labute approximate surface area is 172 Å². The molecule has 0 radical (unpaired) electrons. The molecule has 4 rings (SSSR count). The van der Waals surface area contributed by atoms with E-state index in [-0.39, 0.29) is 5.91 Å². The number of allylic oxidation sites excluding steroid dienone is 1. The van der Waals surface area contributed by atoms with Crippen molar-refractivity contribution in [2.45, 2.75) is 48.0 Å². The van der Waals surface area contributed by atoms with Crippen LogP contribution < -0.4 is 10.0 Å². The number of hydrogen-bond acceptors (Lipinski definition) is 4. The number of carbonyl (C=O) groups excluding carboxylic acids is 1. The van der Waals surface area contributed by atoms with E-state index in [0.717, 1.165) is 34.1 Å². The number of amides is 1. The zero-order valence-corrected chi connectivity index (χ0v) is 17.9. The van der Waals surface area contributed by atoms with Gasteiger partial charge in [0.1, 0.15) is 0 Å². The molecule has 0 fully saturated rings. The molecule has 0 aromatic heterocycles. The molecule has 2 heterocycles. The summed E-state index contributed by atoms with van der Waals surface area (Å²) in [5.74, 6) is -0.0977. The van der Waals surface area contributed by atoms with Gasteiger partial charge in [0.2, 0.25) is 0 Å². The summed E-state index contributed by atoms with van der Waals surface area (Å²) in [7, 11) is 0. The van der Waals surface area contributed by atoms with Crippen molar-refractivity contribution in [2.24, 2.45) is 10.2 Å². The molecule has 2 aromatic carbocycles. The van der Waals surface area contributed by atoms with Gasteiger partial charge in [0.05, 0.1) is 28.4 Å². The number of aryl methyl sites for hydroxylation is 4. The first-order chi connectivity index (χ1) is 13.8. The van der Waals surface area contributed by atoms with Gasteiger partial charge in [0.25, 0.3) is 5.91 Å². The summed E-state index contributed by atoms with van der Waals surface area (Å²) < 4.78 is 0. The summed E-state index contributed by atoms with van der Waals surface area (Å²) in [6, 6.07) is 12.2. The molecular formula is C24H26N4O. The SMILES string of the molecule is CC1=NN(c2ccc(C)c(C)c2)/C(=C2/C(=O)N(c3ccc(C)c(C)c3)N=C2C)C1. The lowest BCUT2D eigenvalue weighted by Gasteiger charge is -2.20. The Morgan fingerprint density at radius 3 is 1.83 bits per heavy atom. The summed E-state index contributed by atoms with van der Waals surface area (Å²) in [5.41, 5.74) is 9.77. The number of benzene rings is 2. The fourth-order valence-electron chi connectivity index (χ4n) is 3.72. The van der Waals surface area contributed by atoms with E-state index in [1.54, 1.807) is 0 Å². The minimum absolute atomic E-state index is 0.0977. The fourth-order valence-corrected chi connectivity index (χ4v) is 3.72. The van der Waals surface area contributed by atoms with Gasteiger partial charge in [0.15, 0.2) is 0 Å². The van der Waals surface area contributed by atoms with Crippen LogP contribution in [0.25, 0.3) is 0 Å². The highest BCUT2D eigenvalue weighted by molar-refractivity contribution is 6.30. The van der Waals surface area contributed by atoms with E-state index in [4.69, 9.17) is 5.10 Å². The van der Waals surface area contributed by atoms with Crippen LogP contribution in [0.5, 0.6) is 0 Å². The van der Waals surface area contributed by atoms with Crippen molar-refractivity contribution in [3.8, 4) is 0 Å². The van der Waals surface area contributed by atoms with Gasteiger partial charge in [-0.15, -0.1) is 0 Å². The summed E-state index contributed by atoms with van der Waals surface area (Å²) in [6.45, 7) is 12.2. The average Bonchev–Trinajstić information content (AvgIpc) is 3.19. The van der Waals surface area contributed by atoms with Gasteiger partial charge in [-0.25, -0.2) is 5.01 Å². The summed E-state index contributed by atoms with van der Waals surface area (Å²) in [4.78, 5) is 13.4. The van der Waals surface area contributed by atoms with Gasteiger partial charge in [-0.05, 0) is 88.1 Å². The van der Waals surface area contributed by atoms with Crippen LogP contribution in [0.3, 0.4) is 0 Å². The molecule has 148 valence electrons. The molecule has 1 amide bonds. The standard InChI is InChI=1S/C24H26N4O/c1-14-7-9-20(11-16(14)3)27-22(13-18(5)25-27)23-19(6)26-28(24(23)29)21-10-8-15(2)17(4)12-21/h7-12H,13H2,1-6H3/b23-22+. The van der Waals surface area contributed by atoms with Gasteiger partial charge >= 0.3 is 0 Å².